The molecule has 1 N–H and O–H groups in total. The molecule has 0 amide bonds. The molecule has 2 rings (SSSR count). The maximum Gasteiger partial charge on any atom is 0.338 e. The number of pyridine rings is 1. The molecule has 0 aliphatic carbocycles. The van der Waals surface area contributed by atoms with Gasteiger partial charge in [-0.05, 0) is 29.8 Å². The van der Waals surface area contributed by atoms with Gasteiger partial charge in [-0.3, -0.25) is 0 Å². The predicted octanol–water partition coefficient (Wildman–Crippen LogP) is 3.86. The standard InChI is InChI=1S/C13H9ClFNO2S/c14-9-4-3-8(11(15)6-9)7-19-12-10(13(17)18)2-1-5-16-12/h1-6H,7H2,(H,17,18). The van der Waals surface area contributed by atoms with Gasteiger partial charge in [0.2, 0.25) is 0 Å². The molecule has 6 heteroatoms. The number of carboxylic acid groups (broad SMARTS) is 1. The van der Waals surface area contributed by atoms with Gasteiger partial charge < -0.3 is 5.11 Å². The molecular weight excluding hydrogens is 289 g/mol. The van der Waals surface area contributed by atoms with Gasteiger partial charge in [-0.2, -0.15) is 0 Å². The van der Waals surface area contributed by atoms with E-state index in [2.05, 4.69) is 4.98 Å². The van der Waals surface area contributed by atoms with Crippen LogP contribution in [0.5, 0.6) is 0 Å². The van der Waals surface area contributed by atoms with Crippen molar-refractivity contribution in [2.75, 3.05) is 0 Å². The summed E-state index contributed by atoms with van der Waals surface area (Å²) in [5.41, 5.74) is 0.568. The number of hydrogen-bond donors (Lipinski definition) is 1. The first-order valence-corrected chi connectivity index (χ1v) is 6.69. The van der Waals surface area contributed by atoms with Crippen LogP contribution in [0.2, 0.25) is 5.02 Å². The lowest BCUT2D eigenvalue weighted by Crippen LogP contribution is -2.00. The molecule has 0 saturated heterocycles. The van der Waals surface area contributed by atoms with Gasteiger partial charge in [0.25, 0.3) is 0 Å². The summed E-state index contributed by atoms with van der Waals surface area (Å²) >= 11 is 6.84. The predicted molar refractivity (Wildman–Crippen MR) is 72.2 cm³/mol. The number of aromatic nitrogens is 1. The van der Waals surface area contributed by atoms with Crippen molar-refractivity contribution in [1.29, 1.82) is 0 Å². The summed E-state index contributed by atoms with van der Waals surface area (Å²) in [4.78, 5) is 15.0. The molecule has 0 spiro atoms. The van der Waals surface area contributed by atoms with E-state index in [4.69, 9.17) is 16.7 Å². The fourth-order valence-corrected chi connectivity index (χ4v) is 2.58. The van der Waals surface area contributed by atoms with Crippen molar-refractivity contribution in [3.05, 3.63) is 58.5 Å². The third kappa shape index (κ3) is 3.45. The van der Waals surface area contributed by atoms with E-state index in [0.29, 0.717) is 21.4 Å². The largest absolute Gasteiger partial charge is 0.478 e. The number of benzene rings is 1. The molecule has 98 valence electrons. The topological polar surface area (TPSA) is 50.2 Å². The third-order valence-corrected chi connectivity index (χ3v) is 3.67. The van der Waals surface area contributed by atoms with Gasteiger partial charge in [-0.15, -0.1) is 11.8 Å². The Labute approximate surface area is 118 Å². The molecule has 0 aliphatic heterocycles. The van der Waals surface area contributed by atoms with Gasteiger partial charge in [0, 0.05) is 17.0 Å². The minimum Gasteiger partial charge on any atom is -0.478 e. The molecule has 0 saturated carbocycles. The van der Waals surface area contributed by atoms with Crippen LogP contribution in [0.4, 0.5) is 4.39 Å². The Hall–Kier alpha value is -1.59. The molecule has 0 radical (unpaired) electrons. The van der Waals surface area contributed by atoms with Crippen molar-refractivity contribution in [1.82, 2.24) is 4.98 Å². The molecule has 2 aromatic rings. The van der Waals surface area contributed by atoms with Gasteiger partial charge >= 0.3 is 5.97 Å². The Kier molecular flexibility index (Phi) is 4.39. The first kappa shape index (κ1) is 13.8. The number of halogens is 2. The zero-order chi connectivity index (χ0) is 13.8. The van der Waals surface area contributed by atoms with E-state index < -0.39 is 11.8 Å². The van der Waals surface area contributed by atoms with Crippen LogP contribution >= 0.6 is 23.4 Å². The van der Waals surface area contributed by atoms with Crippen molar-refractivity contribution in [2.24, 2.45) is 0 Å². The Balaban J connectivity index is 2.17. The maximum absolute atomic E-state index is 13.6. The average molecular weight is 298 g/mol. The van der Waals surface area contributed by atoms with Crippen molar-refractivity contribution >= 4 is 29.3 Å². The van der Waals surface area contributed by atoms with Crippen LogP contribution in [0.25, 0.3) is 0 Å². The summed E-state index contributed by atoms with van der Waals surface area (Å²) in [7, 11) is 0. The number of hydrogen-bond acceptors (Lipinski definition) is 3. The van der Waals surface area contributed by atoms with Crippen LogP contribution in [0, 0.1) is 5.82 Å². The van der Waals surface area contributed by atoms with E-state index in [0.717, 1.165) is 0 Å². The minimum atomic E-state index is -1.05. The normalized spacial score (nSPS) is 10.4. The minimum absolute atomic E-state index is 0.113. The Bertz CT molecular complexity index is 621. The van der Waals surface area contributed by atoms with Crippen molar-refractivity contribution < 1.29 is 14.3 Å². The summed E-state index contributed by atoms with van der Waals surface area (Å²) in [6, 6.07) is 7.42. The molecular formula is C13H9ClFNO2S. The van der Waals surface area contributed by atoms with E-state index in [1.54, 1.807) is 18.2 Å². The molecule has 3 nitrogen and oxygen atoms in total. The van der Waals surface area contributed by atoms with E-state index in [1.165, 1.54) is 30.1 Å². The summed E-state index contributed by atoms with van der Waals surface area (Å²) in [6.07, 6.45) is 1.51. The second kappa shape index (κ2) is 6.04. The van der Waals surface area contributed by atoms with Crippen LogP contribution in [-0.4, -0.2) is 16.1 Å². The highest BCUT2D eigenvalue weighted by molar-refractivity contribution is 7.98. The Morgan fingerprint density at radius 3 is 2.89 bits per heavy atom. The number of thioether (sulfide) groups is 1. The lowest BCUT2D eigenvalue weighted by atomic mass is 10.2. The smallest absolute Gasteiger partial charge is 0.338 e. The SMILES string of the molecule is O=C(O)c1cccnc1SCc1ccc(Cl)cc1F. The van der Waals surface area contributed by atoms with E-state index in [1.807, 2.05) is 0 Å². The molecule has 19 heavy (non-hydrogen) atoms. The number of aromatic carboxylic acids is 1. The van der Waals surface area contributed by atoms with Crippen LogP contribution in [0.1, 0.15) is 15.9 Å². The third-order valence-electron chi connectivity index (χ3n) is 2.38. The van der Waals surface area contributed by atoms with Crippen molar-refractivity contribution in [3.8, 4) is 0 Å². The average Bonchev–Trinajstić information content (AvgIpc) is 2.38. The quantitative estimate of drug-likeness (QED) is 0.871. The lowest BCUT2D eigenvalue weighted by Gasteiger charge is -2.05. The van der Waals surface area contributed by atoms with E-state index in [9.17, 15) is 9.18 Å². The van der Waals surface area contributed by atoms with Crippen molar-refractivity contribution in [3.63, 3.8) is 0 Å². The Morgan fingerprint density at radius 2 is 2.21 bits per heavy atom. The molecule has 0 aliphatic rings. The van der Waals surface area contributed by atoms with E-state index >= 15 is 0 Å². The zero-order valence-electron chi connectivity index (χ0n) is 9.64. The molecule has 0 bridgehead atoms. The summed E-state index contributed by atoms with van der Waals surface area (Å²) in [6.45, 7) is 0. The van der Waals surface area contributed by atoms with Gasteiger partial charge in [-0.1, -0.05) is 17.7 Å². The molecule has 1 aromatic carbocycles. The van der Waals surface area contributed by atoms with Crippen LogP contribution in [0.15, 0.2) is 41.6 Å². The number of carboxylic acids is 1. The van der Waals surface area contributed by atoms with Crippen molar-refractivity contribution in [2.45, 2.75) is 10.8 Å². The second-order valence-electron chi connectivity index (χ2n) is 3.69. The fourth-order valence-electron chi connectivity index (χ4n) is 1.45. The zero-order valence-corrected chi connectivity index (χ0v) is 11.2. The van der Waals surface area contributed by atoms with Crippen LogP contribution < -0.4 is 0 Å². The number of carbonyl (C=O) groups is 1. The number of nitrogens with zero attached hydrogens (tertiary/aromatic N) is 1. The summed E-state index contributed by atoms with van der Waals surface area (Å²) in [5, 5.41) is 9.70. The molecule has 1 aromatic heterocycles. The second-order valence-corrected chi connectivity index (χ2v) is 5.09. The summed E-state index contributed by atoms with van der Waals surface area (Å²) in [5.74, 6) is -1.17. The molecule has 0 fully saturated rings. The van der Waals surface area contributed by atoms with Gasteiger partial charge in [-0.25, -0.2) is 14.2 Å². The first-order chi connectivity index (χ1) is 9.08. The highest BCUT2D eigenvalue weighted by atomic mass is 35.5. The Morgan fingerprint density at radius 1 is 1.42 bits per heavy atom. The van der Waals surface area contributed by atoms with E-state index in [-0.39, 0.29) is 5.56 Å². The number of rotatable bonds is 4. The monoisotopic (exact) mass is 297 g/mol. The van der Waals surface area contributed by atoms with Gasteiger partial charge in [0.05, 0.1) is 5.56 Å². The lowest BCUT2D eigenvalue weighted by molar-refractivity contribution is 0.0692. The van der Waals surface area contributed by atoms with Crippen LogP contribution in [-0.2, 0) is 5.75 Å². The van der Waals surface area contributed by atoms with Gasteiger partial charge in [0.1, 0.15) is 10.8 Å². The fraction of sp³-hybridized carbons (Fsp3) is 0.0769. The molecule has 0 unspecified atom stereocenters. The molecule has 0 atom stereocenters. The first-order valence-electron chi connectivity index (χ1n) is 5.33. The maximum atomic E-state index is 13.6. The van der Waals surface area contributed by atoms with Crippen LogP contribution in [0.3, 0.4) is 0 Å². The molecule has 1 heterocycles. The van der Waals surface area contributed by atoms with Gasteiger partial charge in [0.15, 0.2) is 0 Å². The summed E-state index contributed by atoms with van der Waals surface area (Å²) < 4.78 is 13.6. The highest BCUT2D eigenvalue weighted by Crippen LogP contribution is 2.26. The highest BCUT2D eigenvalue weighted by Gasteiger charge is 2.12.